The number of halogens is 5. The molecule has 2 rings (SSSR count). The van der Waals surface area contributed by atoms with Crippen molar-refractivity contribution >= 4 is 29.9 Å². The fourth-order valence-electron chi connectivity index (χ4n) is 2.20. The number of hydrogen-bond acceptors (Lipinski definition) is 2. The normalized spacial score (nSPS) is 11.7. The zero-order valence-electron chi connectivity index (χ0n) is 14.5. The van der Waals surface area contributed by atoms with Gasteiger partial charge in [-0.3, -0.25) is 0 Å². The fourth-order valence-corrected chi connectivity index (χ4v) is 2.20. The van der Waals surface area contributed by atoms with E-state index in [-0.39, 0.29) is 37.1 Å². The summed E-state index contributed by atoms with van der Waals surface area (Å²) in [6, 6.07) is 8.98. The third-order valence-electron chi connectivity index (χ3n) is 3.49. The molecule has 4 nitrogen and oxygen atoms in total. The first kappa shape index (κ1) is 23.0. The van der Waals surface area contributed by atoms with Crippen LogP contribution < -0.4 is 10.6 Å². The molecule has 0 fully saturated rings. The van der Waals surface area contributed by atoms with Gasteiger partial charge < -0.3 is 15.7 Å². The Morgan fingerprint density at radius 3 is 2.44 bits per heavy atom. The van der Waals surface area contributed by atoms with Gasteiger partial charge in [0.15, 0.2) is 17.5 Å². The summed E-state index contributed by atoms with van der Waals surface area (Å²) < 4.78 is 51.6. The molecule has 0 aromatic heterocycles. The van der Waals surface area contributed by atoms with Crippen LogP contribution >= 0.6 is 24.0 Å². The molecule has 0 radical (unpaired) electrons. The number of rotatable bonds is 5. The Labute approximate surface area is 171 Å². The number of guanidine groups is 1. The Kier molecular flexibility index (Phi) is 8.80. The van der Waals surface area contributed by atoms with E-state index in [0.29, 0.717) is 23.6 Å². The number of nitrogens with one attached hydrogen (secondary N) is 2. The van der Waals surface area contributed by atoms with Crippen molar-refractivity contribution in [2.24, 2.45) is 4.99 Å². The van der Waals surface area contributed by atoms with Crippen LogP contribution in [-0.4, -0.2) is 17.6 Å². The highest BCUT2D eigenvalue weighted by molar-refractivity contribution is 14.0. The highest BCUT2D eigenvalue weighted by atomic mass is 127. The number of benzene rings is 2. The third-order valence-corrected chi connectivity index (χ3v) is 3.49. The standard InChI is InChI=1S/C18H19F4N3O.HI/c1-2-23-17(25-11-13-6-7-16(26)15(19)9-13)24-10-12-4-3-5-14(8-12)18(20,21)22;/h3-9,26H,2,10-11H2,1H3,(H2,23,24,25);1H. The molecule has 0 unspecified atom stereocenters. The number of nitrogens with zero attached hydrogens (tertiary/aromatic N) is 1. The minimum atomic E-state index is -4.40. The maximum absolute atomic E-state index is 13.3. The molecule has 0 heterocycles. The van der Waals surface area contributed by atoms with E-state index in [2.05, 4.69) is 15.6 Å². The molecule has 0 amide bonds. The van der Waals surface area contributed by atoms with Gasteiger partial charge in [-0.2, -0.15) is 13.2 Å². The molecule has 2 aromatic rings. The van der Waals surface area contributed by atoms with E-state index in [0.717, 1.165) is 12.1 Å². The minimum absolute atomic E-state index is 0. The van der Waals surface area contributed by atoms with Crippen LogP contribution in [0.1, 0.15) is 23.6 Å². The predicted octanol–water partition coefficient (Wildman–Crippen LogP) is 4.42. The van der Waals surface area contributed by atoms with Gasteiger partial charge in [0.2, 0.25) is 0 Å². The second-order valence-electron chi connectivity index (χ2n) is 5.53. The topological polar surface area (TPSA) is 56.7 Å². The van der Waals surface area contributed by atoms with Gasteiger partial charge >= 0.3 is 6.18 Å². The van der Waals surface area contributed by atoms with E-state index in [1.165, 1.54) is 18.2 Å². The lowest BCUT2D eigenvalue weighted by molar-refractivity contribution is -0.137. The Morgan fingerprint density at radius 2 is 1.81 bits per heavy atom. The first-order valence-corrected chi connectivity index (χ1v) is 7.95. The fraction of sp³-hybridized carbons (Fsp3) is 0.278. The molecule has 0 aliphatic rings. The minimum Gasteiger partial charge on any atom is -0.505 e. The van der Waals surface area contributed by atoms with E-state index in [9.17, 15) is 22.7 Å². The van der Waals surface area contributed by atoms with Gasteiger partial charge in [-0.15, -0.1) is 24.0 Å². The van der Waals surface area contributed by atoms with Gasteiger partial charge in [0.05, 0.1) is 12.1 Å². The quantitative estimate of drug-likeness (QED) is 0.248. The van der Waals surface area contributed by atoms with Crippen LogP contribution in [0.2, 0.25) is 0 Å². The smallest absolute Gasteiger partial charge is 0.416 e. The molecule has 0 saturated carbocycles. The van der Waals surface area contributed by atoms with Gasteiger partial charge in [-0.25, -0.2) is 9.38 Å². The molecular weight excluding hydrogens is 477 g/mol. The Hall–Kier alpha value is -2.04. The zero-order valence-corrected chi connectivity index (χ0v) is 16.8. The number of phenols is 1. The lowest BCUT2D eigenvalue weighted by Crippen LogP contribution is -2.36. The van der Waals surface area contributed by atoms with Crippen molar-refractivity contribution in [1.82, 2.24) is 10.6 Å². The molecule has 27 heavy (non-hydrogen) atoms. The monoisotopic (exact) mass is 497 g/mol. The van der Waals surface area contributed by atoms with Gasteiger partial charge in [0.25, 0.3) is 0 Å². The summed E-state index contributed by atoms with van der Waals surface area (Å²) >= 11 is 0. The molecule has 0 aliphatic carbocycles. The maximum Gasteiger partial charge on any atom is 0.416 e. The van der Waals surface area contributed by atoms with Gasteiger partial charge in [0, 0.05) is 13.1 Å². The molecule has 0 aliphatic heterocycles. The Morgan fingerprint density at radius 1 is 1.07 bits per heavy atom. The Bertz CT molecular complexity index is 781. The van der Waals surface area contributed by atoms with E-state index >= 15 is 0 Å². The van der Waals surface area contributed by atoms with Gasteiger partial charge in [-0.05, 0) is 42.3 Å². The molecule has 0 bridgehead atoms. The van der Waals surface area contributed by atoms with Crippen LogP contribution in [0.15, 0.2) is 47.5 Å². The highest BCUT2D eigenvalue weighted by Gasteiger charge is 2.30. The van der Waals surface area contributed by atoms with Crippen molar-refractivity contribution in [1.29, 1.82) is 0 Å². The summed E-state index contributed by atoms with van der Waals surface area (Å²) in [4.78, 5) is 4.25. The highest BCUT2D eigenvalue weighted by Crippen LogP contribution is 2.29. The van der Waals surface area contributed by atoms with Crippen LogP contribution in [0.5, 0.6) is 5.75 Å². The zero-order chi connectivity index (χ0) is 19.2. The lowest BCUT2D eigenvalue weighted by atomic mass is 10.1. The van der Waals surface area contributed by atoms with Crippen LogP contribution in [0, 0.1) is 5.82 Å². The molecule has 0 saturated heterocycles. The summed E-state index contributed by atoms with van der Waals surface area (Å²) in [7, 11) is 0. The summed E-state index contributed by atoms with van der Waals surface area (Å²) in [5.41, 5.74) is 0.292. The third kappa shape index (κ3) is 7.24. The summed E-state index contributed by atoms with van der Waals surface area (Å²) in [5, 5.41) is 15.1. The van der Waals surface area contributed by atoms with E-state index in [1.54, 1.807) is 12.1 Å². The molecule has 0 spiro atoms. The van der Waals surface area contributed by atoms with E-state index in [1.807, 2.05) is 6.92 Å². The largest absolute Gasteiger partial charge is 0.505 e. The number of aliphatic imine (C=N–C) groups is 1. The number of alkyl halides is 3. The molecule has 148 valence electrons. The molecule has 2 aromatic carbocycles. The van der Waals surface area contributed by atoms with Crippen molar-refractivity contribution in [2.45, 2.75) is 26.2 Å². The average molecular weight is 497 g/mol. The molecular formula is C18H20F4IN3O. The van der Waals surface area contributed by atoms with E-state index in [4.69, 9.17) is 0 Å². The van der Waals surface area contributed by atoms with Crippen LogP contribution in [0.3, 0.4) is 0 Å². The first-order chi connectivity index (χ1) is 12.3. The molecule has 3 N–H and O–H groups in total. The van der Waals surface area contributed by atoms with Gasteiger partial charge in [-0.1, -0.05) is 18.2 Å². The van der Waals surface area contributed by atoms with Crippen LogP contribution in [0.25, 0.3) is 0 Å². The van der Waals surface area contributed by atoms with Crippen molar-refractivity contribution in [3.05, 3.63) is 65.0 Å². The maximum atomic E-state index is 13.3. The number of phenolic OH excluding ortho intramolecular Hbond substituents is 1. The predicted molar refractivity (Wildman–Crippen MR) is 107 cm³/mol. The molecule has 9 heteroatoms. The summed E-state index contributed by atoms with van der Waals surface area (Å²) in [6.07, 6.45) is -4.40. The van der Waals surface area contributed by atoms with Crippen LogP contribution in [0.4, 0.5) is 17.6 Å². The SMILES string of the molecule is CCNC(=NCc1cccc(C(F)(F)F)c1)NCc1ccc(O)c(F)c1.I. The summed E-state index contributed by atoms with van der Waals surface area (Å²) in [6.45, 7) is 2.70. The van der Waals surface area contributed by atoms with Crippen molar-refractivity contribution in [3.63, 3.8) is 0 Å². The second-order valence-corrected chi connectivity index (χ2v) is 5.53. The van der Waals surface area contributed by atoms with Crippen molar-refractivity contribution in [2.75, 3.05) is 6.54 Å². The lowest BCUT2D eigenvalue weighted by Gasteiger charge is -2.12. The number of aromatic hydroxyl groups is 1. The van der Waals surface area contributed by atoms with Crippen molar-refractivity contribution < 1.29 is 22.7 Å². The van der Waals surface area contributed by atoms with E-state index < -0.39 is 23.3 Å². The number of hydrogen-bond donors (Lipinski definition) is 3. The average Bonchev–Trinajstić information content (AvgIpc) is 2.60. The summed E-state index contributed by atoms with van der Waals surface area (Å²) in [5.74, 6) is -0.771. The Balaban J connectivity index is 0.00000364. The molecule has 0 atom stereocenters. The van der Waals surface area contributed by atoms with Crippen molar-refractivity contribution in [3.8, 4) is 5.75 Å². The van der Waals surface area contributed by atoms with Crippen LogP contribution in [-0.2, 0) is 19.3 Å². The first-order valence-electron chi connectivity index (χ1n) is 7.95. The van der Waals surface area contributed by atoms with Gasteiger partial charge in [0.1, 0.15) is 0 Å². The second kappa shape index (κ2) is 10.3.